The van der Waals surface area contributed by atoms with Gasteiger partial charge in [-0.25, -0.2) is 0 Å². The number of nitrogens with one attached hydrogen (secondary N) is 1. The van der Waals surface area contributed by atoms with E-state index in [1.54, 1.807) is 13.0 Å². The van der Waals surface area contributed by atoms with Crippen LogP contribution < -0.4 is 5.32 Å². The van der Waals surface area contributed by atoms with Crippen LogP contribution in [0.2, 0.25) is 0 Å². The molecule has 0 aliphatic carbocycles. The summed E-state index contributed by atoms with van der Waals surface area (Å²) >= 11 is 0. The number of non-ortho nitro benzene ring substituents is 1. The van der Waals surface area contributed by atoms with Gasteiger partial charge in [0, 0.05) is 49.9 Å². The molecule has 1 atom stereocenters. The van der Waals surface area contributed by atoms with E-state index in [0.29, 0.717) is 35.7 Å². The van der Waals surface area contributed by atoms with Crippen molar-refractivity contribution in [2.45, 2.75) is 45.1 Å². The summed E-state index contributed by atoms with van der Waals surface area (Å²) in [5.74, 6) is -0.985. The van der Waals surface area contributed by atoms with Gasteiger partial charge in [0.2, 0.25) is 11.8 Å². The lowest BCUT2D eigenvalue weighted by Crippen LogP contribution is -2.34. The summed E-state index contributed by atoms with van der Waals surface area (Å²) in [6, 6.07) is 18.6. The summed E-state index contributed by atoms with van der Waals surface area (Å²) in [7, 11) is 0. The average molecular weight is 552 g/mol. The number of hydrogen-bond acceptors (Lipinski definition) is 6. The molecule has 3 heterocycles. The molecule has 3 aliphatic heterocycles. The molecule has 9 nitrogen and oxygen atoms in total. The second kappa shape index (κ2) is 11.2. The van der Waals surface area contributed by atoms with Gasteiger partial charge in [0.1, 0.15) is 5.92 Å². The first-order chi connectivity index (χ1) is 19.9. The van der Waals surface area contributed by atoms with E-state index in [2.05, 4.69) is 22.3 Å². The lowest BCUT2D eigenvalue weighted by molar-refractivity contribution is -0.384. The van der Waals surface area contributed by atoms with Crippen LogP contribution in [0.3, 0.4) is 0 Å². The minimum atomic E-state index is -0.787. The molecule has 1 fully saturated rings. The van der Waals surface area contributed by atoms with E-state index in [1.165, 1.54) is 30.5 Å². The lowest BCUT2D eigenvalue weighted by atomic mass is 9.89. The fourth-order valence-electron chi connectivity index (χ4n) is 6.08. The highest BCUT2D eigenvalue weighted by atomic mass is 16.6. The third-order valence-electron chi connectivity index (χ3n) is 8.41. The number of anilines is 1. The highest BCUT2D eigenvalue weighted by Crippen LogP contribution is 2.38. The SMILES string of the molecule is CC(=O)N1CCc2cc(N=C(c3ccc(CCN4CCCC4)cc3)C3C(=O)Nc4ccc([N+](=O)[O-])cc43)ccc2C1. The first-order valence-electron chi connectivity index (χ1n) is 14.2. The fraction of sp³-hybridized carbons (Fsp3) is 0.344. The van der Waals surface area contributed by atoms with Crippen LogP contribution in [0.25, 0.3) is 0 Å². The van der Waals surface area contributed by atoms with Crippen LogP contribution in [0.5, 0.6) is 0 Å². The van der Waals surface area contributed by atoms with Gasteiger partial charge in [0.15, 0.2) is 0 Å². The molecule has 0 spiro atoms. The molecule has 1 saturated heterocycles. The van der Waals surface area contributed by atoms with Crippen molar-refractivity contribution in [3.05, 3.63) is 98.6 Å². The van der Waals surface area contributed by atoms with Gasteiger partial charge in [-0.2, -0.15) is 0 Å². The van der Waals surface area contributed by atoms with Gasteiger partial charge in [0.25, 0.3) is 5.69 Å². The Balaban J connectivity index is 1.37. The number of benzene rings is 3. The second-order valence-electron chi connectivity index (χ2n) is 11.1. The first kappa shape index (κ1) is 26.8. The normalized spacial score (nSPS) is 18.7. The number of carbonyl (C=O) groups is 2. The number of rotatable bonds is 7. The molecule has 3 aromatic rings. The minimum absolute atomic E-state index is 0.0592. The van der Waals surface area contributed by atoms with Gasteiger partial charge in [-0.05, 0) is 79.2 Å². The van der Waals surface area contributed by atoms with Gasteiger partial charge >= 0.3 is 0 Å². The Morgan fingerprint density at radius 2 is 1.80 bits per heavy atom. The molecule has 3 aliphatic rings. The number of amides is 2. The van der Waals surface area contributed by atoms with Crippen LogP contribution in [0.15, 0.2) is 65.7 Å². The van der Waals surface area contributed by atoms with Gasteiger partial charge in [-0.1, -0.05) is 30.3 Å². The van der Waals surface area contributed by atoms with Crippen LogP contribution in [-0.2, 0) is 29.0 Å². The van der Waals surface area contributed by atoms with Crippen molar-refractivity contribution in [3.8, 4) is 0 Å². The maximum Gasteiger partial charge on any atom is 0.269 e. The van der Waals surface area contributed by atoms with Crippen molar-refractivity contribution in [1.82, 2.24) is 9.80 Å². The van der Waals surface area contributed by atoms with Crippen molar-refractivity contribution in [2.75, 3.05) is 31.5 Å². The highest BCUT2D eigenvalue weighted by Gasteiger charge is 2.37. The van der Waals surface area contributed by atoms with Crippen molar-refractivity contribution >= 4 is 34.6 Å². The van der Waals surface area contributed by atoms with Crippen LogP contribution in [-0.4, -0.2) is 58.4 Å². The molecular formula is C32H33N5O4. The zero-order valence-electron chi connectivity index (χ0n) is 23.1. The van der Waals surface area contributed by atoms with Crippen molar-refractivity contribution < 1.29 is 14.5 Å². The molecule has 0 bridgehead atoms. The summed E-state index contributed by atoms with van der Waals surface area (Å²) < 4.78 is 0. The monoisotopic (exact) mass is 551 g/mol. The lowest BCUT2D eigenvalue weighted by Gasteiger charge is -2.28. The van der Waals surface area contributed by atoms with Gasteiger partial charge in [0.05, 0.1) is 16.3 Å². The Morgan fingerprint density at radius 1 is 1.02 bits per heavy atom. The van der Waals surface area contributed by atoms with Crippen molar-refractivity contribution in [2.24, 2.45) is 4.99 Å². The largest absolute Gasteiger partial charge is 0.338 e. The molecule has 0 radical (unpaired) electrons. The zero-order valence-corrected chi connectivity index (χ0v) is 23.1. The van der Waals surface area contributed by atoms with E-state index in [9.17, 15) is 19.7 Å². The summed E-state index contributed by atoms with van der Waals surface area (Å²) in [6.07, 6.45) is 4.21. The predicted molar refractivity (Wildman–Crippen MR) is 158 cm³/mol. The highest BCUT2D eigenvalue weighted by molar-refractivity contribution is 6.24. The number of fused-ring (bicyclic) bond motifs is 2. The summed E-state index contributed by atoms with van der Waals surface area (Å²) in [4.78, 5) is 45.7. The zero-order chi connectivity index (χ0) is 28.5. The maximum atomic E-state index is 13.4. The fourth-order valence-corrected chi connectivity index (χ4v) is 6.08. The molecule has 0 aromatic heterocycles. The molecule has 3 aromatic carbocycles. The molecule has 6 rings (SSSR count). The average Bonchev–Trinajstić information content (AvgIpc) is 3.61. The van der Waals surface area contributed by atoms with E-state index < -0.39 is 10.8 Å². The molecule has 210 valence electrons. The standard InChI is InChI=1S/C32H33N5O4/c1-21(38)36-17-13-24-18-26(9-8-25(24)20-36)33-31(23-6-4-22(5-7-23)12-16-35-14-2-3-15-35)30-28-19-27(37(40)41)10-11-29(28)34-32(30)39/h4-11,18-19,30H,2-3,12-17,20H2,1H3,(H,34,39). The van der Waals surface area contributed by atoms with Crippen molar-refractivity contribution in [1.29, 1.82) is 0 Å². The number of nitro benzene ring substituents is 1. The van der Waals surface area contributed by atoms with Gasteiger partial charge in [-0.3, -0.25) is 24.7 Å². The molecule has 1 unspecified atom stereocenters. The van der Waals surface area contributed by atoms with E-state index in [4.69, 9.17) is 4.99 Å². The topological polar surface area (TPSA) is 108 Å². The van der Waals surface area contributed by atoms with Gasteiger partial charge < -0.3 is 15.1 Å². The minimum Gasteiger partial charge on any atom is -0.338 e. The van der Waals surface area contributed by atoms with Crippen LogP contribution >= 0.6 is 0 Å². The Morgan fingerprint density at radius 3 is 2.54 bits per heavy atom. The van der Waals surface area contributed by atoms with Crippen LogP contribution in [0.4, 0.5) is 17.1 Å². The molecule has 41 heavy (non-hydrogen) atoms. The molecular weight excluding hydrogens is 518 g/mol. The molecule has 9 heteroatoms. The smallest absolute Gasteiger partial charge is 0.269 e. The summed E-state index contributed by atoms with van der Waals surface area (Å²) in [6.45, 7) is 6.16. The predicted octanol–water partition coefficient (Wildman–Crippen LogP) is 4.99. The van der Waals surface area contributed by atoms with Crippen LogP contribution in [0, 0.1) is 10.1 Å². The Kier molecular flexibility index (Phi) is 7.36. The number of aliphatic imine (C=N–C) groups is 1. The molecule has 2 amide bonds. The quantitative estimate of drug-likeness (QED) is 0.253. The molecule has 1 N–H and O–H groups in total. The second-order valence-corrected chi connectivity index (χ2v) is 11.1. The van der Waals surface area contributed by atoms with E-state index in [-0.39, 0.29) is 17.5 Å². The Labute approximate surface area is 239 Å². The van der Waals surface area contributed by atoms with Crippen LogP contribution in [0.1, 0.15) is 53.5 Å². The van der Waals surface area contributed by atoms with E-state index in [0.717, 1.165) is 49.2 Å². The summed E-state index contributed by atoms with van der Waals surface area (Å²) in [5.41, 5.74) is 6.55. The number of likely N-dealkylation sites (tertiary alicyclic amines) is 1. The van der Waals surface area contributed by atoms with Crippen molar-refractivity contribution in [3.63, 3.8) is 0 Å². The Bertz CT molecular complexity index is 1540. The third-order valence-corrected chi connectivity index (χ3v) is 8.41. The number of nitro groups is 1. The third kappa shape index (κ3) is 5.63. The maximum absolute atomic E-state index is 13.4. The number of hydrogen-bond donors (Lipinski definition) is 1. The number of nitrogens with zero attached hydrogens (tertiary/aromatic N) is 4. The van der Waals surface area contributed by atoms with Gasteiger partial charge in [-0.15, -0.1) is 0 Å². The van der Waals surface area contributed by atoms with E-state index in [1.807, 2.05) is 35.2 Å². The van der Waals surface area contributed by atoms with E-state index >= 15 is 0 Å². The number of carbonyl (C=O) groups excluding carboxylic acids is 2. The summed E-state index contributed by atoms with van der Waals surface area (Å²) in [5, 5.41) is 14.5. The first-order valence-corrected chi connectivity index (χ1v) is 14.2. The Hall–Kier alpha value is -4.37. The molecule has 0 saturated carbocycles.